The van der Waals surface area contributed by atoms with Gasteiger partial charge in [-0.05, 0) is 6.92 Å². The standard InChI is InChI=1S/C11H18N2O6/c1-8(11(17)13-2-4-18-5-3-13)12-9(14)6-19-7-10(15)16/h8H,2-7H2,1H3,(H,12,14)(H,15,16). The minimum absolute atomic E-state index is 0.185. The van der Waals surface area contributed by atoms with Gasteiger partial charge in [0.15, 0.2) is 0 Å². The van der Waals surface area contributed by atoms with E-state index >= 15 is 0 Å². The largest absolute Gasteiger partial charge is 0.480 e. The molecule has 0 spiro atoms. The Balaban J connectivity index is 2.28. The lowest BCUT2D eigenvalue weighted by Gasteiger charge is -2.29. The van der Waals surface area contributed by atoms with Gasteiger partial charge in [-0.3, -0.25) is 9.59 Å². The molecule has 0 radical (unpaired) electrons. The molecule has 1 aliphatic rings. The summed E-state index contributed by atoms with van der Waals surface area (Å²) in [6.45, 7) is 2.66. The van der Waals surface area contributed by atoms with Crippen LogP contribution in [-0.2, 0) is 23.9 Å². The molecule has 0 aromatic carbocycles. The zero-order valence-corrected chi connectivity index (χ0v) is 10.8. The third-order valence-corrected chi connectivity index (χ3v) is 2.53. The van der Waals surface area contributed by atoms with E-state index in [2.05, 4.69) is 10.1 Å². The number of aliphatic carboxylic acids is 1. The van der Waals surface area contributed by atoms with Gasteiger partial charge in [0.2, 0.25) is 11.8 Å². The van der Waals surface area contributed by atoms with Crippen molar-refractivity contribution in [1.82, 2.24) is 10.2 Å². The summed E-state index contributed by atoms with van der Waals surface area (Å²) in [5.74, 6) is -1.85. The number of morpholine rings is 1. The van der Waals surface area contributed by atoms with E-state index in [1.54, 1.807) is 11.8 Å². The lowest BCUT2D eigenvalue weighted by Crippen LogP contribution is -2.51. The number of carbonyl (C=O) groups is 3. The van der Waals surface area contributed by atoms with Crippen LogP contribution in [0.1, 0.15) is 6.92 Å². The molecule has 1 fully saturated rings. The highest BCUT2D eigenvalue weighted by Crippen LogP contribution is 2.00. The van der Waals surface area contributed by atoms with E-state index in [1.807, 2.05) is 0 Å². The van der Waals surface area contributed by atoms with Gasteiger partial charge in [0.1, 0.15) is 19.3 Å². The maximum Gasteiger partial charge on any atom is 0.329 e. The number of hydrogen-bond donors (Lipinski definition) is 2. The van der Waals surface area contributed by atoms with E-state index in [0.717, 1.165) is 0 Å². The number of carbonyl (C=O) groups excluding carboxylic acids is 2. The summed E-state index contributed by atoms with van der Waals surface area (Å²) >= 11 is 0. The second-order valence-electron chi connectivity index (χ2n) is 4.11. The van der Waals surface area contributed by atoms with Crippen molar-refractivity contribution < 1.29 is 29.0 Å². The highest BCUT2D eigenvalue weighted by molar-refractivity contribution is 5.87. The van der Waals surface area contributed by atoms with Gasteiger partial charge in [0, 0.05) is 13.1 Å². The fourth-order valence-electron chi connectivity index (χ4n) is 1.63. The lowest BCUT2D eigenvalue weighted by molar-refractivity contribution is -0.145. The van der Waals surface area contributed by atoms with Gasteiger partial charge < -0.3 is 24.8 Å². The number of ether oxygens (including phenoxy) is 2. The van der Waals surface area contributed by atoms with Gasteiger partial charge in [-0.25, -0.2) is 4.79 Å². The van der Waals surface area contributed by atoms with E-state index in [-0.39, 0.29) is 12.5 Å². The molecule has 1 saturated heterocycles. The third-order valence-electron chi connectivity index (χ3n) is 2.53. The zero-order chi connectivity index (χ0) is 14.3. The molecular formula is C11H18N2O6. The third kappa shape index (κ3) is 5.66. The van der Waals surface area contributed by atoms with Gasteiger partial charge in [0.05, 0.1) is 13.2 Å². The van der Waals surface area contributed by atoms with Gasteiger partial charge in [-0.15, -0.1) is 0 Å². The first kappa shape index (κ1) is 15.4. The Hall–Kier alpha value is -1.67. The van der Waals surface area contributed by atoms with Crippen molar-refractivity contribution in [3.63, 3.8) is 0 Å². The molecule has 108 valence electrons. The van der Waals surface area contributed by atoms with Crippen molar-refractivity contribution >= 4 is 17.8 Å². The highest BCUT2D eigenvalue weighted by Gasteiger charge is 2.23. The normalized spacial score (nSPS) is 16.8. The molecule has 1 heterocycles. The van der Waals surface area contributed by atoms with Crippen LogP contribution >= 0.6 is 0 Å². The van der Waals surface area contributed by atoms with Gasteiger partial charge >= 0.3 is 5.97 Å². The van der Waals surface area contributed by atoms with Crippen molar-refractivity contribution in [2.45, 2.75) is 13.0 Å². The Morgan fingerprint density at radius 2 is 1.95 bits per heavy atom. The predicted octanol–water partition coefficient (Wildman–Crippen LogP) is -1.55. The van der Waals surface area contributed by atoms with Crippen molar-refractivity contribution in [2.24, 2.45) is 0 Å². The fraction of sp³-hybridized carbons (Fsp3) is 0.727. The van der Waals surface area contributed by atoms with Gasteiger partial charge in [0.25, 0.3) is 0 Å². The average molecular weight is 274 g/mol. The summed E-state index contributed by atoms with van der Waals surface area (Å²) in [6.07, 6.45) is 0. The van der Waals surface area contributed by atoms with Crippen LogP contribution in [0.4, 0.5) is 0 Å². The number of carboxylic acid groups (broad SMARTS) is 1. The monoisotopic (exact) mass is 274 g/mol. The first-order valence-corrected chi connectivity index (χ1v) is 5.96. The Morgan fingerprint density at radius 3 is 2.53 bits per heavy atom. The summed E-state index contributed by atoms with van der Waals surface area (Å²) in [4.78, 5) is 35.1. The first-order chi connectivity index (χ1) is 9.00. The zero-order valence-electron chi connectivity index (χ0n) is 10.8. The number of nitrogens with one attached hydrogen (secondary N) is 1. The van der Waals surface area contributed by atoms with Gasteiger partial charge in [-0.2, -0.15) is 0 Å². The minimum Gasteiger partial charge on any atom is -0.480 e. The van der Waals surface area contributed by atoms with E-state index in [1.165, 1.54) is 0 Å². The second kappa shape index (κ2) is 7.70. The molecule has 1 aliphatic heterocycles. The Labute approximate surface area is 110 Å². The molecule has 19 heavy (non-hydrogen) atoms. The van der Waals surface area contributed by atoms with E-state index in [0.29, 0.717) is 26.3 Å². The molecule has 1 unspecified atom stereocenters. The number of carboxylic acids is 1. The van der Waals surface area contributed by atoms with E-state index in [4.69, 9.17) is 9.84 Å². The van der Waals surface area contributed by atoms with Gasteiger partial charge in [-0.1, -0.05) is 0 Å². The smallest absolute Gasteiger partial charge is 0.329 e. The molecular weight excluding hydrogens is 256 g/mol. The molecule has 2 N–H and O–H groups in total. The molecule has 2 amide bonds. The molecule has 8 nitrogen and oxygen atoms in total. The molecule has 1 rings (SSSR count). The molecule has 0 saturated carbocycles. The second-order valence-corrected chi connectivity index (χ2v) is 4.11. The topological polar surface area (TPSA) is 105 Å². The summed E-state index contributed by atoms with van der Waals surface area (Å²) in [6, 6.07) is -0.668. The van der Waals surface area contributed by atoms with Crippen LogP contribution in [-0.4, -0.2) is 73.3 Å². The Kier molecular flexibility index (Phi) is 6.23. The molecule has 0 aliphatic carbocycles. The van der Waals surface area contributed by atoms with Crippen LogP contribution in [0, 0.1) is 0 Å². The predicted molar refractivity (Wildman–Crippen MR) is 63.5 cm³/mol. The van der Waals surface area contributed by atoms with Crippen molar-refractivity contribution in [2.75, 3.05) is 39.5 Å². The van der Waals surface area contributed by atoms with E-state index in [9.17, 15) is 14.4 Å². The number of nitrogens with zero attached hydrogens (tertiary/aromatic N) is 1. The molecule has 8 heteroatoms. The average Bonchev–Trinajstić information content (AvgIpc) is 2.38. The number of rotatable bonds is 6. The van der Waals surface area contributed by atoms with Crippen molar-refractivity contribution in [1.29, 1.82) is 0 Å². The summed E-state index contributed by atoms with van der Waals surface area (Å²) in [5.41, 5.74) is 0. The lowest BCUT2D eigenvalue weighted by atomic mass is 10.2. The summed E-state index contributed by atoms with van der Waals surface area (Å²) in [5, 5.41) is 10.8. The number of amides is 2. The minimum atomic E-state index is -1.15. The quantitative estimate of drug-likeness (QED) is 0.607. The summed E-state index contributed by atoms with van der Waals surface area (Å²) in [7, 11) is 0. The molecule has 0 bridgehead atoms. The maximum atomic E-state index is 11.9. The van der Waals surface area contributed by atoms with Crippen molar-refractivity contribution in [3.8, 4) is 0 Å². The van der Waals surface area contributed by atoms with Crippen LogP contribution in [0.15, 0.2) is 0 Å². The van der Waals surface area contributed by atoms with Crippen molar-refractivity contribution in [3.05, 3.63) is 0 Å². The molecule has 0 aromatic heterocycles. The SMILES string of the molecule is CC(NC(=O)COCC(=O)O)C(=O)N1CCOCC1. The van der Waals surface area contributed by atoms with Crippen LogP contribution < -0.4 is 5.32 Å². The van der Waals surface area contributed by atoms with E-state index < -0.39 is 24.5 Å². The van der Waals surface area contributed by atoms with Crippen LogP contribution in [0.2, 0.25) is 0 Å². The van der Waals surface area contributed by atoms with Crippen LogP contribution in [0.3, 0.4) is 0 Å². The van der Waals surface area contributed by atoms with Crippen LogP contribution in [0.5, 0.6) is 0 Å². The fourth-order valence-corrected chi connectivity index (χ4v) is 1.63. The Morgan fingerprint density at radius 1 is 1.32 bits per heavy atom. The van der Waals surface area contributed by atoms with Crippen LogP contribution in [0.25, 0.3) is 0 Å². The highest BCUT2D eigenvalue weighted by atomic mass is 16.5. The first-order valence-electron chi connectivity index (χ1n) is 5.96. The Bertz CT molecular complexity index is 340. The molecule has 1 atom stereocenters. The number of hydrogen-bond acceptors (Lipinski definition) is 5. The summed E-state index contributed by atoms with van der Waals surface area (Å²) < 4.78 is 9.76. The maximum absolute atomic E-state index is 11.9. The molecule has 0 aromatic rings.